The Hall–Kier alpha value is -1.62. The van der Waals surface area contributed by atoms with Crippen molar-refractivity contribution in [1.29, 1.82) is 0 Å². The third-order valence-electron chi connectivity index (χ3n) is 2.91. The van der Waals surface area contributed by atoms with E-state index in [1.165, 1.54) is 12.1 Å². The summed E-state index contributed by atoms with van der Waals surface area (Å²) in [4.78, 5) is 12.9. The minimum atomic E-state index is -0.803. The Labute approximate surface area is 113 Å². The number of aliphatic hydroxyl groups is 1. The van der Waals surface area contributed by atoms with Crippen LogP contribution in [0.2, 0.25) is 0 Å². The summed E-state index contributed by atoms with van der Waals surface area (Å²) >= 11 is 0. The number of amides is 1. The van der Waals surface area contributed by atoms with E-state index in [0.29, 0.717) is 17.8 Å². The van der Waals surface area contributed by atoms with Gasteiger partial charge in [0.1, 0.15) is 5.82 Å². The monoisotopic (exact) mass is 268 g/mol. The van der Waals surface area contributed by atoms with Crippen LogP contribution >= 0.6 is 0 Å². The van der Waals surface area contributed by atoms with E-state index < -0.39 is 17.8 Å². The van der Waals surface area contributed by atoms with E-state index in [2.05, 4.69) is 0 Å². The van der Waals surface area contributed by atoms with Crippen molar-refractivity contribution in [3.8, 4) is 0 Å². The zero-order valence-corrected chi connectivity index (χ0v) is 11.4. The molecule has 0 saturated heterocycles. The van der Waals surface area contributed by atoms with Gasteiger partial charge in [0, 0.05) is 17.8 Å². The summed E-state index contributed by atoms with van der Waals surface area (Å²) in [6.07, 6.45) is 1.06. The first kappa shape index (κ1) is 15.4. The van der Waals surface area contributed by atoms with Gasteiger partial charge in [-0.05, 0) is 31.5 Å². The van der Waals surface area contributed by atoms with E-state index in [0.717, 1.165) is 12.8 Å². The second kappa shape index (κ2) is 7.09. The second-order valence-corrected chi connectivity index (χ2v) is 4.62. The first-order valence-corrected chi connectivity index (χ1v) is 6.46. The lowest BCUT2D eigenvalue weighted by molar-refractivity contribution is -0.116. The van der Waals surface area contributed by atoms with Crippen LogP contribution in [-0.4, -0.2) is 24.1 Å². The number of halogens is 1. The summed E-state index contributed by atoms with van der Waals surface area (Å²) in [5.41, 5.74) is 6.37. The van der Waals surface area contributed by atoms with Crippen LogP contribution in [-0.2, 0) is 4.79 Å². The van der Waals surface area contributed by atoms with Crippen LogP contribution < -0.4 is 10.6 Å². The van der Waals surface area contributed by atoms with Crippen molar-refractivity contribution in [1.82, 2.24) is 0 Å². The number of carbonyl (C=O) groups excluding carboxylic acids is 1. The maximum Gasteiger partial charge on any atom is 0.236 e. The molecule has 4 nitrogen and oxygen atoms in total. The van der Waals surface area contributed by atoms with Crippen LogP contribution in [0.4, 0.5) is 10.1 Å². The normalized spacial score (nSPS) is 12.2. The Morgan fingerprint density at radius 1 is 1.53 bits per heavy atom. The molecule has 3 N–H and O–H groups in total. The molecule has 0 unspecified atom stereocenters. The lowest BCUT2D eigenvalue weighted by Gasteiger charge is -2.26. The summed E-state index contributed by atoms with van der Waals surface area (Å²) in [7, 11) is 0. The van der Waals surface area contributed by atoms with E-state index >= 15 is 0 Å². The lowest BCUT2D eigenvalue weighted by Crippen LogP contribution is -2.35. The molecule has 1 rings (SSSR count). The van der Waals surface area contributed by atoms with Gasteiger partial charge in [-0.1, -0.05) is 13.3 Å². The van der Waals surface area contributed by atoms with Gasteiger partial charge in [-0.2, -0.15) is 0 Å². The lowest BCUT2D eigenvalue weighted by atomic mass is 10.1. The molecule has 1 atom stereocenters. The Kier molecular flexibility index (Phi) is 5.76. The number of hydrogen-bond acceptors (Lipinski definition) is 3. The van der Waals surface area contributed by atoms with E-state index in [1.54, 1.807) is 17.9 Å². The van der Waals surface area contributed by atoms with E-state index in [9.17, 15) is 14.3 Å². The fourth-order valence-electron chi connectivity index (χ4n) is 1.97. The summed E-state index contributed by atoms with van der Waals surface area (Å²) in [5, 5.41) is 9.73. The van der Waals surface area contributed by atoms with Crippen molar-refractivity contribution >= 4 is 11.6 Å². The molecule has 1 amide bonds. The van der Waals surface area contributed by atoms with Crippen LogP contribution in [0.1, 0.15) is 38.4 Å². The number of aliphatic hydroxyl groups excluding tert-OH is 1. The smallest absolute Gasteiger partial charge is 0.236 e. The number of nitrogens with zero attached hydrogens (tertiary/aromatic N) is 1. The number of anilines is 1. The molecule has 0 aromatic heterocycles. The highest BCUT2D eigenvalue weighted by atomic mass is 19.1. The van der Waals surface area contributed by atoms with E-state index in [4.69, 9.17) is 5.73 Å². The SMILES string of the molecule is CCCCN(CC(N)=O)c1ccc(F)cc1[C@H](C)O. The van der Waals surface area contributed by atoms with Gasteiger partial charge in [-0.25, -0.2) is 4.39 Å². The summed E-state index contributed by atoms with van der Waals surface area (Å²) in [5.74, 6) is -0.855. The number of carbonyl (C=O) groups is 1. The Morgan fingerprint density at radius 3 is 2.74 bits per heavy atom. The minimum absolute atomic E-state index is 0.0609. The highest BCUT2D eigenvalue weighted by Gasteiger charge is 2.16. The van der Waals surface area contributed by atoms with Gasteiger partial charge >= 0.3 is 0 Å². The fourth-order valence-corrected chi connectivity index (χ4v) is 1.97. The molecule has 5 heteroatoms. The number of hydrogen-bond donors (Lipinski definition) is 2. The first-order chi connectivity index (χ1) is 8.95. The number of unbranched alkanes of at least 4 members (excludes halogenated alkanes) is 1. The first-order valence-electron chi connectivity index (χ1n) is 6.46. The van der Waals surface area contributed by atoms with Gasteiger partial charge in [0.05, 0.1) is 12.6 Å². The van der Waals surface area contributed by atoms with Crippen molar-refractivity contribution in [2.75, 3.05) is 18.0 Å². The van der Waals surface area contributed by atoms with Crippen LogP contribution in [0.5, 0.6) is 0 Å². The highest BCUT2D eigenvalue weighted by molar-refractivity contribution is 5.80. The van der Waals surface area contributed by atoms with Crippen LogP contribution in [0, 0.1) is 5.82 Å². The molecule has 0 radical (unpaired) electrons. The fraction of sp³-hybridized carbons (Fsp3) is 0.500. The third kappa shape index (κ3) is 4.52. The minimum Gasteiger partial charge on any atom is -0.389 e. The van der Waals surface area contributed by atoms with Crippen LogP contribution in [0.3, 0.4) is 0 Å². The molecular weight excluding hydrogens is 247 g/mol. The average Bonchev–Trinajstić information content (AvgIpc) is 2.34. The van der Waals surface area contributed by atoms with Crippen LogP contribution in [0.15, 0.2) is 18.2 Å². The Bertz CT molecular complexity index is 435. The predicted octanol–water partition coefficient (Wildman–Crippen LogP) is 1.97. The summed E-state index contributed by atoms with van der Waals surface area (Å²) < 4.78 is 13.3. The molecule has 0 spiro atoms. The maximum atomic E-state index is 13.3. The van der Waals surface area contributed by atoms with Crippen molar-refractivity contribution in [2.24, 2.45) is 5.73 Å². The molecule has 0 heterocycles. The standard InChI is InChI=1S/C14H21FN2O2/c1-3-4-7-17(9-14(16)19)13-6-5-11(15)8-12(13)10(2)18/h5-6,8,10,18H,3-4,7,9H2,1-2H3,(H2,16,19)/t10-/m0/s1. The van der Waals surface area contributed by atoms with Gasteiger partial charge in [0.2, 0.25) is 5.91 Å². The Morgan fingerprint density at radius 2 is 2.21 bits per heavy atom. The van der Waals surface area contributed by atoms with Crippen molar-refractivity contribution in [3.63, 3.8) is 0 Å². The molecule has 0 aliphatic carbocycles. The number of nitrogens with two attached hydrogens (primary N) is 1. The quantitative estimate of drug-likeness (QED) is 0.794. The van der Waals surface area contributed by atoms with Crippen molar-refractivity contribution in [2.45, 2.75) is 32.8 Å². The summed E-state index contributed by atoms with van der Waals surface area (Å²) in [6, 6.07) is 4.19. The molecule has 19 heavy (non-hydrogen) atoms. The van der Waals surface area contributed by atoms with Crippen LogP contribution in [0.25, 0.3) is 0 Å². The Balaban J connectivity index is 3.09. The topological polar surface area (TPSA) is 66.6 Å². The van der Waals surface area contributed by atoms with Gasteiger partial charge in [-0.15, -0.1) is 0 Å². The van der Waals surface area contributed by atoms with Gasteiger partial charge in [0.25, 0.3) is 0 Å². The number of primary amides is 1. The maximum absolute atomic E-state index is 13.3. The van der Waals surface area contributed by atoms with E-state index in [1.807, 2.05) is 6.92 Å². The van der Waals surface area contributed by atoms with Gasteiger partial charge in [0.15, 0.2) is 0 Å². The zero-order chi connectivity index (χ0) is 14.4. The van der Waals surface area contributed by atoms with Crippen molar-refractivity contribution < 1.29 is 14.3 Å². The van der Waals surface area contributed by atoms with Crippen molar-refractivity contribution in [3.05, 3.63) is 29.6 Å². The number of rotatable bonds is 7. The second-order valence-electron chi connectivity index (χ2n) is 4.62. The molecule has 0 fully saturated rings. The highest BCUT2D eigenvalue weighted by Crippen LogP contribution is 2.27. The molecular formula is C14H21FN2O2. The van der Waals surface area contributed by atoms with Gasteiger partial charge in [-0.3, -0.25) is 4.79 Å². The molecule has 1 aromatic carbocycles. The molecule has 0 aliphatic heterocycles. The molecule has 1 aromatic rings. The average molecular weight is 268 g/mol. The summed E-state index contributed by atoms with van der Waals surface area (Å²) in [6.45, 7) is 4.32. The van der Waals surface area contributed by atoms with Gasteiger partial charge < -0.3 is 15.7 Å². The molecule has 106 valence electrons. The zero-order valence-electron chi connectivity index (χ0n) is 11.4. The van der Waals surface area contributed by atoms with E-state index in [-0.39, 0.29) is 6.54 Å². The largest absolute Gasteiger partial charge is 0.389 e. The molecule has 0 aliphatic rings. The molecule has 0 bridgehead atoms. The molecule has 0 saturated carbocycles. The third-order valence-corrected chi connectivity index (χ3v) is 2.91. The predicted molar refractivity (Wildman–Crippen MR) is 73.3 cm³/mol. The number of benzene rings is 1.